The van der Waals surface area contributed by atoms with Crippen molar-refractivity contribution in [2.75, 3.05) is 26.2 Å². The van der Waals surface area contributed by atoms with E-state index in [-0.39, 0.29) is 32.2 Å². The molecule has 2 N–H and O–H groups in total. The minimum Gasteiger partial charge on any atom is -0.396 e. The average molecular weight is 304 g/mol. The molecule has 7 nitrogen and oxygen atoms in total. The molecule has 2 aliphatic rings. The molecule has 0 aromatic heterocycles. The highest BCUT2D eigenvalue weighted by Gasteiger charge is 2.39. The number of β-amino-alcohol motifs (C(OH)–C–C–N with tert-alkyl or cyclic N) is 1. The molecule has 2 heterocycles. The van der Waals surface area contributed by atoms with Crippen molar-refractivity contribution in [2.24, 2.45) is 5.92 Å². The fraction of sp³-hybridized carbons (Fsp3) is 0.400. The van der Waals surface area contributed by atoms with Gasteiger partial charge in [-0.1, -0.05) is 12.1 Å². The number of hydrogen-bond acceptors (Lipinski definition) is 5. The van der Waals surface area contributed by atoms with Crippen LogP contribution in [-0.4, -0.2) is 70.1 Å². The zero-order valence-corrected chi connectivity index (χ0v) is 11.8. The van der Waals surface area contributed by atoms with Crippen LogP contribution in [0.15, 0.2) is 24.3 Å². The van der Waals surface area contributed by atoms with E-state index < -0.39 is 23.8 Å². The van der Waals surface area contributed by atoms with Gasteiger partial charge >= 0.3 is 0 Å². The van der Waals surface area contributed by atoms with Gasteiger partial charge in [0.1, 0.15) is 6.54 Å². The van der Waals surface area contributed by atoms with Gasteiger partial charge in [-0.2, -0.15) is 0 Å². The van der Waals surface area contributed by atoms with E-state index >= 15 is 0 Å². The Kier molecular flexibility index (Phi) is 3.67. The van der Waals surface area contributed by atoms with E-state index in [2.05, 4.69) is 0 Å². The van der Waals surface area contributed by atoms with Gasteiger partial charge in [0.25, 0.3) is 11.8 Å². The van der Waals surface area contributed by atoms with Crippen LogP contribution in [0.3, 0.4) is 0 Å². The van der Waals surface area contributed by atoms with E-state index in [0.29, 0.717) is 11.1 Å². The maximum Gasteiger partial charge on any atom is 0.262 e. The van der Waals surface area contributed by atoms with Gasteiger partial charge in [-0.25, -0.2) is 0 Å². The highest BCUT2D eigenvalue weighted by Crippen LogP contribution is 2.23. The van der Waals surface area contributed by atoms with Crippen molar-refractivity contribution in [2.45, 2.75) is 6.10 Å². The van der Waals surface area contributed by atoms with Crippen molar-refractivity contribution in [3.8, 4) is 0 Å². The largest absolute Gasteiger partial charge is 0.396 e. The Morgan fingerprint density at radius 3 is 2.23 bits per heavy atom. The number of imide groups is 1. The molecule has 3 rings (SSSR count). The first-order chi connectivity index (χ1) is 10.5. The Balaban J connectivity index is 1.71. The topological polar surface area (TPSA) is 98.2 Å². The highest BCUT2D eigenvalue weighted by atomic mass is 16.3. The number of likely N-dealkylation sites (tertiary alicyclic amines) is 1. The molecule has 1 aromatic rings. The van der Waals surface area contributed by atoms with Crippen LogP contribution in [0.4, 0.5) is 0 Å². The summed E-state index contributed by atoms with van der Waals surface area (Å²) in [7, 11) is 0. The summed E-state index contributed by atoms with van der Waals surface area (Å²) in [6.45, 7) is -0.234. The van der Waals surface area contributed by atoms with E-state index in [9.17, 15) is 19.5 Å². The maximum absolute atomic E-state index is 12.2. The molecule has 1 fully saturated rings. The Labute approximate surface area is 126 Å². The Morgan fingerprint density at radius 2 is 1.73 bits per heavy atom. The second-order valence-corrected chi connectivity index (χ2v) is 5.55. The van der Waals surface area contributed by atoms with Gasteiger partial charge in [-0.05, 0) is 12.1 Å². The number of fused-ring (bicyclic) bond motifs is 1. The van der Waals surface area contributed by atoms with Gasteiger partial charge < -0.3 is 15.1 Å². The van der Waals surface area contributed by atoms with E-state index in [4.69, 9.17) is 5.11 Å². The molecule has 0 unspecified atom stereocenters. The van der Waals surface area contributed by atoms with Crippen LogP contribution in [0.1, 0.15) is 20.7 Å². The van der Waals surface area contributed by atoms with Crippen molar-refractivity contribution in [3.63, 3.8) is 0 Å². The van der Waals surface area contributed by atoms with Crippen LogP contribution in [0, 0.1) is 5.92 Å². The zero-order valence-electron chi connectivity index (χ0n) is 11.8. The molecule has 1 aromatic carbocycles. The summed E-state index contributed by atoms with van der Waals surface area (Å²) in [5, 5.41) is 18.8. The molecule has 22 heavy (non-hydrogen) atoms. The number of rotatable bonds is 3. The van der Waals surface area contributed by atoms with Gasteiger partial charge in [0.05, 0.1) is 23.8 Å². The quantitative estimate of drug-likeness (QED) is 0.705. The Morgan fingerprint density at radius 1 is 1.14 bits per heavy atom. The van der Waals surface area contributed by atoms with Crippen molar-refractivity contribution < 1.29 is 24.6 Å². The molecule has 1 saturated heterocycles. The first-order valence-corrected chi connectivity index (χ1v) is 7.05. The predicted molar refractivity (Wildman–Crippen MR) is 75.0 cm³/mol. The first-order valence-electron chi connectivity index (χ1n) is 7.05. The molecule has 0 bridgehead atoms. The lowest BCUT2D eigenvalue weighted by Gasteiger charge is -2.19. The zero-order chi connectivity index (χ0) is 15.9. The fourth-order valence-electron chi connectivity index (χ4n) is 2.86. The molecule has 0 spiro atoms. The third kappa shape index (κ3) is 2.28. The number of aliphatic hydroxyl groups is 2. The summed E-state index contributed by atoms with van der Waals surface area (Å²) >= 11 is 0. The molecule has 7 heteroatoms. The molecule has 116 valence electrons. The summed E-state index contributed by atoms with van der Waals surface area (Å²) in [5.41, 5.74) is 0.602. The number of hydrogen-bond donors (Lipinski definition) is 2. The molecule has 0 saturated carbocycles. The summed E-state index contributed by atoms with van der Waals surface area (Å²) < 4.78 is 0. The number of amides is 3. The van der Waals surface area contributed by atoms with E-state index in [1.807, 2.05) is 0 Å². The monoisotopic (exact) mass is 304 g/mol. The summed E-state index contributed by atoms with van der Waals surface area (Å²) in [5.74, 6) is -1.75. The average Bonchev–Trinajstić information content (AvgIpc) is 3.01. The minimum atomic E-state index is -0.781. The van der Waals surface area contributed by atoms with Crippen LogP contribution >= 0.6 is 0 Å². The van der Waals surface area contributed by atoms with E-state index in [1.54, 1.807) is 24.3 Å². The second kappa shape index (κ2) is 5.51. The third-order valence-corrected chi connectivity index (χ3v) is 4.17. The first kappa shape index (κ1) is 14.7. The van der Waals surface area contributed by atoms with E-state index in [1.165, 1.54) is 4.90 Å². The minimum absolute atomic E-state index is 0.104. The summed E-state index contributed by atoms with van der Waals surface area (Å²) in [6, 6.07) is 6.44. The highest BCUT2D eigenvalue weighted by molar-refractivity contribution is 6.22. The van der Waals surface area contributed by atoms with Crippen molar-refractivity contribution in [1.29, 1.82) is 0 Å². The van der Waals surface area contributed by atoms with Crippen LogP contribution in [-0.2, 0) is 4.79 Å². The molecule has 0 aliphatic carbocycles. The van der Waals surface area contributed by atoms with Crippen LogP contribution < -0.4 is 0 Å². The number of benzene rings is 1. The fourth-order valence-corrected chi connectivity index (χ4v) is 2.86. The molecule has 3 amide bonds. The van der Waals surface area contributed by atoms with Gasteiger partial charge in [0.15, 0.2) is 0 Å². The van der Waals surface area contributed by atoms with Crippen molar-refractivity contribution >= 4 is 17.7 Å². The lowest BCUT2D eigenvalue weighted by atomic mass is 10.1. The third-order valence-electron chi connectivity index (χ3n) is 4.17. The molecule has 2 atom stereocenters. The van der Waals surface area contributed by atoms with Crippen molar-refractivity contribution in [1.82, 2.24) is 9.80 Å². The summed E-state index contributed by atoms with van der Waals surface area (Å²) in [4.78, 5) is 38.9. The molecule has 2 aliphatic heterocycles. The normalized spacial score (nSPS) is 24.1. The number of carbonyl (C=O) groups is 3. The maximum atomic E-state index is 12.2. The second-order valence-electron chi connectivity index (χ2n) is 5.55. The number of aliphatic hydroxyl groups excluding tert-OH is 2. The van der Waals surface area contributed by atoms with Crippen LogP contribution in [0.2, 0.25) is 0 Å². The number of carbonyl (C=O) groups excluding carboxylic acids is 3. The van der Waals surface area contributed by atoms with Crippen LogP contribution in [0.25, 0.3) is 0 Å². The Bertz CT molecular complexity index is 610. The van der Waals surface area contributed by atoms with Gasteiger partial charge in [0.2, 0.25) is 5.91 Å². The summed E-state index contributed by atoms with van der Waals surface area (Å²) in [6.07, 6.45) is -0.781. The van der Waals surface area contributed by atoms with Gasteiger partial charge in [-0.15, -0.1) is 0 Å². The van der Waals surface area contributed by atoms with E-state index in [0.717, 1.165) is 4.90 Å². The lowest BCUT2D eigenvalue weighted by molar-refractivity contribution is -0.130. The predicted octanol–water partition coefficient (Wildman–Crippen LogP) is -0.906. The van der Waals surface area contributed by atoms with Gasteiger partial charge in [-0.3, -0.25) is 19.3 Å². The lowest BCUT2D eigenvalue weighted by Crippen LogP contribution is -2.42. The Hall–Kier alpha value is -2.25. The smallest absolute Gasteiger partial charge is 0.262 e. The van der Waals surface area contributed by atoms with Gasteiger partial charge in [0, 0.05) is 19.0 Å². The van der Waals surface area contributed by atoms with Crippen LogP contribution in [0.5, 0.6) is 0 Å². The molecular formula is C15H16N2O5. The number of nitrogens with zero attached hydrogens (tertiary/aromatic N) is 2. The standard InChI is InChI=1S/C15H16N2O5/c18-8-9-5-16(6-12(9)19)13(20)7-17-14(21)10-3-1-2-4-11(10)15(17)22/h1-4,9,12,18-19H,5-8H2/t9-,12-/m0/s1. The van der Waals surface area contributed by atoms with Crippen molar-refractivity contribution in [3.05, 3.63) is 35.4 Å². The molecule has 0 radical (unpaired) electrons. The SMILES string of the molecule is O=C(CN1C(=O)c2ccccc2C1=O)N1C[C@@H](CO)[C@@H](O)C1. The molecular weight excluding hydrogens is 288 g/mol.